The fourth-order valence-electron chi connectivity index (χ4n) is 2.84. The fourth-order valence-corrected chi connectivity index (χ4v) is 2.84. The molecule has 31 heavy (non-hydrogen) atoms. The van der Waals surface area contributed by atoms with Gasteiger partial charge in [-0.15, -0.1) is 0 Å². The van der Waals surface area contributed by atoms with Gasteiger partial charge in [0.05, 0.1) is 30.8 Å². The third-order valence-corrected chi connectivity index (χ3v) is 4.51. The second-order valence-electron chi connectivity index (χ2n) is 6.65. The van der Waals surface area contributed by atoms with Gasteiger partial charge < -0.3 is 24.3 Å². The topological polar surface area (TPSA) is 109 Å². The zero-order valence-electron chi connectivity index (χ0n) is 18.0. The van der Waals surface area contributed by atoms with E-state index in [-0.39, 0.29) is 35.5 Å². The second kappa shape index (κ2) is 12.5. The lowest BCUT2D eigenvalue weighted by Crippen LogP contribution is -2.26. The Balaban J connectivity index is 1.94. The second-order valence-corrected chi connectivity index (χ2v) is 6.65. The van der Waals surface area contributed by atoms with Gasteiger partial charge in [-0.25, -0.2) is 0 Å². The van der Waals surface area contributed by atoms with Gasteiger partial charge in [-0.3, -0.25) is 14.9 Å². The molecule has 1 amide bonds. The molecule has 9 nitrogen and oxygen atoms in total. The molecule has 2 aromatic rings. The van der Waals surface area contributed by atoms with Gasteiger partial charge in [0.1, 0.15) is 12.2 Å². The highest BCUT2D eigenvalue weighted by atomic mass is 16.6. The van der Waals surface area contributed by atoms with Gasteiger partial charge in [-0.2, -0.15) is 0 Å². The van der Waals surface area contributed by atoms with Gasteiger partial charge in [0.2, 0.25) is 0 Å². The van der Waals surface area contributed by atoms with E-state index in [1.165, 1.54) is 26.4 Å². The number of amides is 1. The standard InChI is InChI=1S/C22H28N2O7/c1-16(17-8-5-4-6-9-17)30-11-7-10-23-22(25)18-14-20(29-3)21(31-13-12-28-2)15-19(18)24(26)27/h4-6,8-9,14-16H,7,10-13H2,1-3H3,(H,23,25). The number of carbonyl (C=O) groups is 1. The summed E-state index contributed by atoms with van der Waals surface area (Å²) in [6, 6.07) is 12.3. The van der Waals surface area contributed by atoms with Crippen LogP contribution in [0.25, 0.3) is 0 Å². The zero-order valence-corrected chi connectivity index (χ0v) is 18.0. The first-order chi connectivity index (χ1) is 15.0. The highest BCUT2D eigenvalue weighted by Gasteiger charge is 2.24. The fraction of sp³-hybridized carbons (Fsp3) is 0.409. The maximum absolute atomic E-state index is 12.6. The molecule has 0 heterocycles. The number of methoxy groups -OCH3 is 2. The van der Waals surface area contributed by atoms with E-state index in [0.29, 0.717) is 26.2 Å². The van der Waals surface area contributed by atoms with Crippen molar-refractivity contribution in [1.29, 1.82) is 0 Å². The van der Waals surface area contributed by atoms with E-state index in [4.69, 9.17) is 18.9 Å². The number of benzene rings is 2. The molecule has 0 saturated heterocycles. The lowest BCUT2D eigenvalue weighted by Gasteiger charge is -2.14. The van der Waals surface area contributed by atoms with Crippen LogP contribution in [0.15, 0.2) is 42.5 Å². The van der Waals surface area contributed by atoms with E-state index in [2.05, 4.69) is 5.32 Å². The van der Waals surface area contributed by atoms with E-state index in [0.717, 1.165) is 5.56 Å². The number of rotatable bonds is 13. The summed E-state index contributed by atoms with van der Waals surface area (Å²) in [6.07, 6.45) is 0.499. The maximum atomic E-state index is 12.6. The van der Waals surface area contributed by atoms with Crippen LogP contribution in [0.5, 0.6) is 11.5 Å². The first-order valence-electron chi connectivity index (χ1n) is 9.90. The summed E-state index contributed by atoms with van der Waals surface area (Å²) < 4.78 is 21.4. The third kappa shape index (κ3) is 7.23. The Kier molecular flexibility index (Phi) is 9.73. The number of nitro groups is 1. The average molecular weight is 432 g/mol. The lowest BCUT2D eigenvalue weighted by atomic mass is 10.1. The molecule has 2 aromatic carbocycles. The molecule has 1 N–H and O–H groups in total. The van der Waals surface area contributed by atoms with Crippen LogP contribution in [0.3, 0.4) is 0 Å². The van der Waals surface area contributed by atoms with E-state index in [1.54, 1.807) is 0 Å². The van der Waals surface area contributed by atoms with Crippen molar-refractivity contribution in [2.75, 3.05) is 40.6 Å². The molecule has 0 spiro atoms. The molecule has 0 aliphatic rings. The molecule has 1 atom stereocenters. The molecule has 1 unspecified atom stereocenters. The number of ether oxygens (including phenoxy) is 4. The van der Waals surface area contributed by atoms with Crippen LogP contribution in [-0.4, -0.2) is 51.4 Å². The SMILES string of the molecule is COCCOc1cc([N+](=O)[O-])c(C(=O)NCCCOC(C)c2ccccc2)cc1OC. The van der Waals surface area contributed by atoms with Crippen molar-refractivity contribution in [2.45, 2.75) is 19.4 Å². The van der Waals surface area contributed by atoms with Gasteiger partial charge in [0.25, 0.3) is 11.6 Å². The molecule has 0 aliphatic carbocycles. The highest BCUT2D eigenvalue weighted by molar-refractivity contribution is 5.99. The van der Waals surface area contributed by atoms with Crippen molar-refractivity contribution in [2.24, 2.45) is 0 Å². The molecule has 2 rings (SSSR count). The van der Waals surface area contributed by atoms with Crippen LogP contribution < -0.4 is 14.8 Å². The van der Waals surface area contributed by atoms with Crippen molar-refractivity contribution in [3.8, 4) is 11.5 Å². The highest BCUT2D eigenvalue weighted by Crippen LogP contribution is 2.34. The average Bonchev–Trinajstić information content (AvgIpc) is 2.78. The minimum atomic E-state index is -0.623. The number of nitrogens with zero attached hydrogens (tertiary/aromatic N) is 1. The number of nitrogens with one attached hydrogen (secondary N) is 1. The van der Waals surface area contributed by atoms with Gasteiger partial charge in [0.15, 0.2) is 11.5 Å². The number of hydrogen-bond donors (Lipinski definition) is 1. The van der Waals surface area contributed by atoms with E-state index >= 15 is 0 Å². The van der Waals surface area contributed by atoms with Crippen LogP contribution >= 0.6 is 0 Å². The van der Waals surface area contributed by atoms with Crippen LogP contribution in [0.4, 0.5) is 5.69 Å². The molecular formula is C22H28N2O7. The van der Waals surface area contributed by atoms with E-state index in [9.17, 15) is 14.9 Å². The summed E-state index contributed by atoms with van der Waals surface area (Å²) in [5.74, 6) is -0.164. The Hall–Kier alpha value is -3.17. The monoisotopic (exact) mass is 432 g/mol. The predicted octanol–water partition coefficient (Wildman–Crippen LogP) is 3.53. The minimum absolute atomic E-state index is 0.0621. The van der Waals surface area contributed by atoms with Crippen molar-refractivity contribution in [1.82, 2.24) is 5.32 Å². The van der Waals surface area contributed by atoms with Gasteiger partial charge in [-0.05, 0) is 18.9 Å². The summed E-state index contributed by atoms with van der Waals surface area (Å²) in [5, 5.41) is 14.2. The van der Waals surface area contributed by atoms with Crippen molar-refractivity contribution in [3.63, 3.8) is 0 Å². The number of hydrogen-bond acceptors (Lipinski definition) is 7. The van der Waals surface area contributed by atoms with Crippen LogP contribution in [0.1, 0.15) is 35.4 Å². The molecule has 0 aliphatic heterocycles. The largest absolute Gasteiger partial charge is 0.493 e. The molecule has 0 bridgehead atoms. The van der Waals surface area contributed by atoms with E-state index < -0.39 is 10.8 Å². The molecule has 0 aromatic heterocycles. The van der Waals surface area contributed by atoms with Crippen molar-refractivity contribution >= 4 is 11.6 Å². The number of nitro benzene ring substituents is 1. The Bertz CT molecular complexity index is 858. The third-order valence-electron chi connectivity index (χ3n) is 4.51. The quantitative estimate of drug-likeness (QED) is 0.293. The lowest BCUT2D eigenvalue weighted by molar-refractivity contribution is -0.385. The molecule has 168 valence electrons. The van der Waals surface area contributed by atoms with E-state index in [1.807, 2.05) is 37.3 Å². The number of carbonyl (C=O) groups excluding carboxylic acids is 1. The maximum Gasteiger partial charge on any atom is 0.286 e. The molecule has 0 fully saturated rings. The Morgan fingerprint density at radius 1 is 1.10 bits per heavy atom. The minimum Gasteiger partial charge on any atom is -0.493 e. The van der Waals surface area contributed by atoms with Gasteiger partial charge in [-0.1, -0.05) is 30.3 Å². The van der Waals surface area contributed by atoms with Crippen molar-refractivity contribution in [3.05, 3.63) is 63.7 Å². The van der Waals surface area contributed by atoms with Crippen LogP contribution in [-0.2, 0) is 9.47 Å². The van der Waals surface area contributed by atoms with Crippen LogP contribution in [0.2, 0.25) is 0 Å². The Labute approximate surface area is 181 Å². The van der Waals surface area contributed by atoms with Crippen molar-refractivity contribution < 1.29 is 28.7 Å². The first-order valence-corrected chi connectivity index (χ1v) is 9.90. The summed E-state index contributed by atoms with van der Waals surface area (Å²) >= 11 is 0. The summed E-state index contributed by atoms with van der Waals surface area (Å²) in [6.45, 7) is 3.21. The smallest absolute Gasteiger partial charge is 0.286 e. The summed E-state index contributed by atoms with van der Waals surface area (Å²) in [4.78, 5) is 23.4. The first kappa shape index (κ1) is 24.1. The Morgan fingerprint density at radius 3 is 2.48 bits per heavy atom. The van der Waals surface area contributed by atoms with Crippen LogP contribution in [0, 0.1) is 10.1 Å². The predicted molar refractivity (Wildman–Crippen MR) is 115 cm³/mol. The Morgan fingerprint density at radius 2 is 1.84 bits per heavy atom. The summed E-state index contributed by atoms with van der Waals surface area (Å²) in [7, 11) is 2.92. The molecule has 9 heteroatoms. The normalized spacial score (nSPS) is 11.6. The van der Waals surface area contributed by atoms with Gasteiger partial charge in [0, 0.05) is 26.3 Å². The zero-order chi connectivity index (χ0) is 22.6. The molecule has 0 radical (unpaired) electrons. The molecular weight excluding hydrogens is 404 g/mol. The van der Waals surface area contributed by atoms with Gasteiger partial charge >= 0.3 is 0 Å². The summed E-state index contributed by atoms with van der Waals surface area (Å²) in [5.41, 5.74) is 0.612. The molecule has 0 saturated carbocycles.